The lowest BCUT2D eigenvalue weighted by atomic mass is 9.96. The highest BCUT2D eigenvalue weighted by atomic mass is 16.3. The van der Waals surface area contributed by atoms with Gasteiger partial charge in [-0.25, -0.2) is 0 Å². The Labute approximate surface area is 388 Å². The third-order valence-electron chi connectivity index (χ3n) is 13.3. The fourth-order valence-electron chi connectivity index (χ4n) is 9.83. The largest absolute Gasteiger partial charge is 0.456 e. The van der Waals surface area contributed by atoms with Crippen molar-refractivity contribution < 1.29 is 8.83 Å². The summed E-state index contributed by atoms with van der Waals surface area (Å²) in [6.45, 7) is 0. The fraction of sp³-hybridized carbons (Fsp3) is 0. The van der Waals surface area contributed by atoms with Gasteiger partial charge in [0.15, 0.2) is 0 Å². The van der Waals surface area contributed by atoms with E-state index in [1.165, 1.54) is 38.6 Å². The Morgan fingerprint density at radius 1 is 0.239 bits per heavy atom. The van der Waals surface area contributed by atoms with Crippen molar-refractivity contribution in [1.29, 1.82) is 0 Å². The van der Waals surface area contributed by atoms with Crippen molar-refractivity contribution in [3.63, 3.8) is 0 Å². The van der Waals surface area contributed by atoms with Crippen LogP contribution in [0.4, 0.5) is 17.1 Å². The van der Waals surface area contributed by atoms with Gasteiger partial charge in [-0.05, 0) is 134 Å². The van der Waals surface area contributed by atoms with Gasteiger partial charge in [0, 0.05) is 44.2 Å². The molecule has 0 aliphatic carbocycles. The smallest absolute Gasteiger partial charge is 0.143 e. The summed E-state index contributed by atoms with van der Waals surface area (Å²) < 4.78 is 12.7. The van der Waals surface area contributed by atoms with Crippen molar-refractivity contribution in [3.8, 4) is 55.6 Å². The number of hydrogen-bond acceptors (Lipinski definition) is 3. The van der Waals surface area contributed by atoms with Crippen molar-refractivity contribution in [2.45, 2.75) is 0 Å². The van der Waals surface area contributed by atoms with Gasteiger partial charge < -0.3 is 13.7 Å². The van der Waals surface area contributed by atoms with E-state index in [9.17, 15) is 0 Å². The lowest BCUT2D eigenvalue weighted by molar-refractivity contribution is 0.669. The highest BCUT2D eigenvalue weighted by Gasteiger charge is 2.17. The van der Waals surface area contributed by atoms with Crippen molar-refractivity contribution in [2.75, 3.05) is 4.90 Å². The molecule has 0 bridgehead atoms. The first-order valence-electron chi connectivity index (χ1n) is 22.8. The van der Waals surface area contributed by atoms with Gasteiger partial charge in [-0.1, -0.05) is 176 Å². The number of fused-ring (bicyclic) bond motifs is 7. The summed E-state index contributed by atoms with van der Waals surface area (Å²) in [5.41, 5.74) is 18.3. The molecule has 0 spiro atoms. The van der Waals surface area contributed by atoms with E-state index in [2.05, 4.69) is 229 Å². The zero-order valence-corrected chi connectivity index (χ0v) is 36.4. The average molecular weight is 856 g/mol. The molecule has 0 atom stereocenters. The number of nitrogens with zero attached hydrogens (tertiary/aromatic N) is 1. The van der Waals surface area contributed by atoms with Crippen LogP contribution in [0.1, 0.15) is 0 Å². The van der Waals surface area contributed by atoms with Crippen molar-refractivity contribution in [1.82, 2.24) is 0 Å². The average Bonchev–Trinajstić information content (AvgIpc) is 3.98. The summed E-state index contributed by atoms with van der Waals surface area (Å²) in [6, 6.07) is 88.9. The highest BCUT2D eigenvalue weighted by Crippen LogP contribution is 2.41. The summed E-state index contributed by atoms with van der Waals surface area (Å²) in [5, 5.41) is 7.03. The molecule has 13 rings (SSSR count). The Morgan fingerprint density at radius 3 is 1.34 bits per heavy atom. The quantitative estimate of drug-likeness (QED) is 0.152. The van der Waals surface area contributed by atoms with Crippen molar-refractivity contribution in [3.05, 3.63) is 249 Å². The summed E-state index contributed by atoms with van der Waals surface area (Å²) in [7, 11) is 0. The zero-order chi connectivity index (χ0) is 44.3. The maximum absolute atomic E-state index is 6.43. The predicted octanol–water partition coefficient (Wildman–Crippen LogP) is 18.4. The lowest BCUT2D eigenvalue weighted by Gasteiger charge is -2.26. The first kappa shape index (κ1) is 38.5. The SMILES string of the molecule is c1cc(-c2ccc(-c3ccc(N(c4ccc(-c5ccc6c(c5)oc5ccccc56)cc4)c4ccc(-c5cccc6c5oc5ccccc56)cc4)cc3)cc2)cc(-c2ccc3ccccc3c2)c1. The van der Waals surface area contributed by atoms with Gasteiger partial charge in [0.2, 0.25) is 0 Å². The Morgan fingerprint density at radius 2 is 0.672 bits per heavy atom. The number of rotatable bonds is 8. The Kier molecular flexibility index (Phi) is 9.17. The van der Waals surface area contributed by atoms with Gasteiger partial charge >= 0.3 is 0 Å². The van der Waals surface area contributed by atoms with Crippen LogP contribution < -0.4 is 4.90 Å². The minimum atomic E-state index is 0.892. The number of anilines is 3. The normalized spacial score (nSPS) is 11.6. The minimum absolute atomic E-state index is 0.892. The molecular formula is C64H41NO2. The Bertz CT molecular complexity index is 3950. The Hall–Kier alpha value is -8.92. The molecule has 0 aliphatic heterocycles. The van der Waals surface area contributed by atoms with Gasteiger partial charge in [0.25, 0.3) is 0 Å². The first-order valence-corrected chi connectivity index (χ1v) is 22.8. The molecule has 0 amide bonds. The van der Waals surface area contributed by atoms with E-state index >= 15 is 0 Å². The maximum atomic E-state index is 6.43. The third-order valence-corrected chi connectivity index (χ3v) is 13.3. The third kappa shape index (κ3) is 6.93. The topological polar surface area (TPSA) is 29.5 Å². The van der Waals surface area contributed by atoms with Gasteiger partial charge in [0.05, 0.1) is 0 Å². The second kappa shape index (κ2) is 16.0. The molecule has 0 unspecified atom stereocenters. The summed E-state index contributed by atoms with van der Waals surface area (Å²) >= 11 is 0. The van der Waals surface area contributed by atoms with E-state index in [1.807, 2.05) is 24.3 Å². The first-order chi connectivity index (χ1) is 33.2. The second-order valence-corrected chi connectivity index (χ2v) is 17.3. The Balaban J connectivity index is 0.824. The number of para-hydroxylation sites is 3. The van der Waals surface area contributed by atoms with E-state index in [0.29, 0.717) is 0 Å². The maximum Gasteiger partial charge on any atom is 0.143 e. The van der Waals surface area contributed by atoms with Gasteiger partial charge in [-0.2, -0.15) is 0 Å². The van der Waals surface area contributed by atoms with Gasteiger partial charge in [-0.3, -0.25) is 0 Å². The molecule has 0 saturated heterocycles. The van der Waals surface area contributed by atoms with E-state index in [-0.39, 0.29) is 0 Å². The van der Waals surface area contributed by atoms with Crippen LogP contribution in [-0.4, -0.2) is 0 Å². The molecule has 13 aromatic rings. The van der Waals surface area contributed by atoms with Crippen molar-refractivity contribution in [2.24, 2.45) is 0 Å². The van der Waals surface area contributed by atoms with E-state index in [4.69, 9.17) is 8.83 Å². The molecule has 67 heavy (non-hydrogen) atoms. The van der Waals surface area contributed by atoms with Crippen LogP contribution in [0.3, 0.4) is 0 Å². The van der Waals surface area contributed by atoms with Crippen LogP contribution in [0.2, 0.25) is 0 Å². The molecule has 2 heterocycles. The molecule has 0 aliphatic rings. The van der Waals surface area contributed by atoms with E-state index in [1.54, 1.807) is 0 Å². The summed E-state index contributed by atoms with van der Waals surface area (Å²) in [4.78, 5) is 2.33. The molecule has 0 radical (unpaired) electrons. The molecule has 11 aromatic carbocycles. The highest BCUT2D eigenvalue weighted by molar-refractivity contribution is 6.10. The molecule has 3 nitrogen and oxygen atoms in total. The standard InChI is InChI=1S/C64H41NO2/c1-2-10-48-40-51(24-23-42(48)9-1)50-12-7-11-49(39-50)45-21-19-43(20-22-45)44-25-32-53(33-26-44)65(54-34-27-46(28-35-54)52-31-38-59-57-13-3-5-17-61(57)66-63(59)41-52)55-36-29-47(30-37-55)56-15-8-16-60-58-14-4-6-18-62(58)67-64(56)60/h1-41H. The second-order valence-electron chi connectivity index (χ2n) is 17.3. The monoisotopic (exact) mass is 855 g/mol. The van der Waals surface area contributed by atoms with Crippen LogP contribution >= 0.6 is 0 Å². The summed E-state index contributed by atoms with van der Waals surface area (Å²) in [5.74, 6) is 0. The van der Waals surface area contributed by atoms with Crippen LogP contribution in [0.15, 0.2) is 258 Å². The number of hydrogen-bond donors (Lipinski definition) is 0. The van der Waals surface area contributed by atoms with Crippen LogP contribution in [-0.2, 0) is 0 Å². The number of furan rings is 2. The van der Waals surface area contributed by atoms with Crippen LogP contribution in [0, 0.1) is 0 Å². The molecule has 314 valence electrons. The minimum Gasteiger partial charge on any atom is -0.456 e. The van der Waals surface area contributed by atoms with Crippen LogP contribution in [0.25, 0.3) is 110 Å². The molecule has 2 aromatic heterocycles. The molecule has 0 fully saturated rings. The van der Waals surface area contributed by atoms with Crippen LogP contribution in [0.5, 0.6) is 0 Å². The van der Waals surface area contributed by atoms with Crippen molar-refractivity contribution >= 4 is 71.7 Å². The van der Waals surface area contributed by atoms with Gasteiger partial charge in [-0.15, -0.1) is 0 Å². The summed E-state index contributed by atoms with van der Waals surface area (Å²) in [6.07, 6.45) is 0. The molecule has 3 heteroatoms. The van der Waals surface area contributed by atoms with E-state index in [0.717, 1.165) is 88.8 Å². The number of benzene rings is 11. The lowest BCUT2D eigenvalue weighted by Crippen LogP contribution is -2.09. The molecular weight excluding hydrogens is 815 g/mol. The zero-order valence-electron chi connectivity index (χ0n) is 36.4. The molecule has 0 N–H and O–H groups in total. The van der Waals surface area contributed by atoms with Gasteiger partial charge in [0.1, 0.15) is 22.3 Å². The molecule has 0 saturated carbocycles. The van der Waals surface area contributed by atoms with E-state index < -0.39 is 0 Å². The fourth-order valence-corrected chi connectivity index (χ4v) is 9.83. The predicted molar refractivity (Wildman–Crippen MR) is 280 cm³/mol.